The quantitative estimate of drug-likeness (QED) is 0.157. The van der Waals surface area contributed by atoms with Crippen molar-refractivity contribution in [3.8, 4) is 11.5 Å². The number of aromatic nitrogens is 1. The molecular formula is C41H44N4O10. The third kappa shape index (κ3) is 4.41. The summed E-state index contributed by atoms with van der Waals surface area (Å²) in [6, 6.07) is 6.03. The number of phenolic OH excluding ortho intramolecular Hbond substituents is 1. The minimum atomic E-state index is -2.33. The van der Waals surface area contributed by atoms with E-state index >= 15 is 0 Å². The molecule has 8 bridgehead atoms. The largest absolute Gasteiger partial charge is 0.507 e. The fraction of sp³-hybridized carbons (Fsp3) is 0.488. The molecule has 9 unspecified atom stereocenters. The number of hydrogen-bond acceptors (Lipinski definition) is 14. The summed E-state index contributed by atoms with van der Waals surface area (Å²) in [5, 5.41) is 80.0. The van der Waals surface area contributed by atoms with E-state index < -0.39 is 59.0 Å². The first-order valence-corrected chi connectivity index (χ1v) is 19.1. The van der Waals surface area contributed by atoms with Crippen LogP contribution in [0.2, 0.25) is 0 Å². The molecule has 0 amide bonds. The molecular weight excluding hydrogens is 708 g/mol. The van der Waals surface area contributed by atoms with Crippen molar-refractivity contribution < 1.29 is 49.7 Å². The molecule has 1 saturated carbocycles. The van der Waals surface area contributed by atoms with Gasteiger partial charge in [-0.1, -0.05) is 19.9 Å². The predicted octanol–water partition coefficient (Wildman–Crippen LogP) is 2.26. The van der Waals surface area contributed by atoms with E-state index in [1.807, 2.05) is 18.9 Å². The number of hydrogen-bond donors (Lipinski definition) is 7. The molecule has 2 aliphatic carbocycles. The maximum atomic E-state index is 14.6. The first-order valence-electron chi connectivity index (χ1n) is 19.1. The number of ether oxygens (including phenoxy) is 2. The summed E-state index contributed by atoms with van der Waals surface area (Å²) in [5.74, 6) is -3.62. The maximum absolute atomic E-state index is 14.6. The van der Waals surface area contributed by atoms with E-state index in [1.54, 1.807) is 30.1 Å². The number of ketones is 2. The van der Waals surface area contributed by atoms with Crippen LogP contribution in [0.5, 0.6) is 11.5 Å². The molecule has 2 aromatic carbocycles. The van der Waals surface area contributed by atoms with Gasteiger partial charge in [-0.05, 0) is 85.7 Å². The molecule has 7 heterocycles. The van der Waals surface area contributed by atoms with Crippen LogP contribution in [-0.4, -0.2) is 119 Å². The Morgan fingerprint density at radius 2 is 1.80 bits per heavy atom. The van der Waals surface area contributed by atoms with Crippen molar-refractivity contribution in [3.63, 3.8) is 0 Å². The average molecular weight is 753 g/mol. The normalized spacial score (nSPS) is 36.1. The van der Waals surface area contributed by atoms with Crippen molar-refractivity contribution in [2.24, 2.45) is 17.3 Å². The zero-order valence-corrected chi connectivity index (χ0v) is 30.7. The highest BCUT2D eigenvalue weighted by molar-refractivity contribution is 6.34. The SMILES string of the molecule is Cc1cc(O)c2c(c1)C(=O)c1c(c3cc4c(nccc14)NCC(O)C14CCC(CCN5C1=C1C=CC6(O3)OC1(C(O)C(O)C6O)C(O)N5CC(C)C)C4)C2=O. The molecule has 2 saturated heterocycles. The fourth-order valence-electron chi connectivity index (χ4n) is 10.8. The number of anilines is 1. The lowest BCUT2D eigenvalue weighted by Crippen LogP contribution is -2.80. The number of aliphatic hydroxyl groups is 5. The zero-order valence-electron chi connectivity index (χ0n) is 30.7. The standard InChI is InChI=1S/C41H44N4O10/c1-18(2)17-45-38(53)41-24-5-9-40(55-41,35(51)33(50)36(41)52)54-26-14-22-21(29-30(26)32(49)28-23(31(29)48)12-19(3)13-25(28)46)6-10-42-37(22)43-16-27(47)39-8-4-20(15-39)7-11-44(45)34(24)39/h5-6,9-10,12-14,18,20,27,33,35-36,38,46-47,50-53H,4,7-8,11,15-17H2,1-3H3,(H,42,43). The van der Waals surface area contributed by atoms with Gasteiger partial charge >= 0.3 is 0 Å². The molecule has 55 heavy (non-hydrogen) atoms. The summed E-state index contributed by atoms with van der Waals surface area (Å²) in [5.41, 5.74) is -1.85. The van der Waals surface area contributed by atoms with E-state index in [-0.39, 0.29) is 52.1 Å². The van der Waals surface area contributed by atoms with Crippen LogP contribution in [0.1, 0.15) is 76.9 Å². The van der Waals surface area contributed by atoms with E-state index in [1.165, 1.54) is 24.4 Å². The third-order valence-electron chi connectivity index (χ3n) is 13.2. The number of rotatable bonds is 2. The van der Waals surface area contributed by atoms with Crippen molar-refractivity contribution in [1.29, 1.82) is 0 Å². The highest BCUT2D eigenvalue weighted by atomic mass is 16.7. The second-order valence-electron chi connectivity index (χ2n) is 16.9. The Morgan fingerprint density at radius 1 is 1.00 bits per heavy atom. The monoisotopic (exact) mass is 752 g/mol. The van der Waals surface area contributed by atoms with Crippen molar-refractivity contribution in [2.75, 3.05) is 25.0 Å². The molecule has 7 N–H and O–H groups in total. The molecule has 0 radical (unpaired) electrons. The zero-order chi connectivity index (χ0) is 38.5. The van der Waals surface area contributed by atoms with Crippen molar-refractivity contribution in [2.45, 2.75) is 88.5 Å². The van der Waals surface area contributed by atoms with Crippen LogP contribution < -0.4 is 10.1 Å². The van der Waals surface area contributed by atoms with Crippen molar-refractivity contribution in [1.82, 2.24) is 15.0 Å². The van der Waals surface area contributed by atoms with Gasteiger partial charge in [0.05, 0.1) is 17.2 Å². The van der Waals surface area contributed by atoms with Gasteiger partial charge in [0.1, 0.15) is 29.5 Å². The molecule has 288 valence electrons. The van der Waals surface area contributed by atoms with Gasteiger partial charge in [-0.2, -0.15) is 5.01 Å². The van der Waals surface area contributed by atoms with E-state index in [0.29, 0.717) is 59.4 Å². The number of phenols is 1. The predicted molar refractivity (Wildman–Crippen MR) is 196 cm³/mol. The molecule has 11 rings (SSSR count). The van der Waals surface area contributed by atoms with Crippen molar-refractivity contribution >= 4 is 28.2 Å². The van der Waals surface area contributed by atoms with Crippen LogP contribution in [-0.2, 0) is 4.74 Å². The summed E-state index contributed by atoms with van der Waals surface area (Å²) in [6.07, 6.45) is -0.984. The second kappa shape index (κ2) is 11.6. The van der Waals surface area contributed by atoms with Gasteiger partial charge in [-0.15, -0.1) is 0 Å². The van der Waals surface area contributed by atoms with E-state index in [2.05, 4.69) is 10.3 Å². The van der Waals surface area contributed by atoms with Gasteiger partial charge in [0.2, 0.25) is 5.78 Å². The minimum absolute atomic E-state index is 0.0115. The molecule has 14 nitrogen and oxygen atoms in total. The number of carbonyl (C=O) groups is 2. The number of aliphatic hydroxyl groups excluding tert-OH is 5. The molecule has 1 aromatic heterocycles. The van der Waals surface area contributed by atoms with E-state index in [4.69, 9.17) is 9.47 Å². The Hall–Kier alpha value is -4.41. The molecule has 9 atom stereocenters. The number of carbonyl (C=O) groups excluding carboxylic acids is 2. The van der Waals surface area contributed by atoms with Crippen LogP contribution in [0.4, 0.5) is 5.82 Å². The Balaban J connectivity index is 1.29. The topological polar surface area (TPSA) is 205 Å². The number of aryl methyl sites for hydroxylation is 1. The Labute approximate surface area is 316 Å². The highest BCUT2D eigenvalue weighted by Gasteiger charge is 2.72. The van der Waals surface area contributed by atoms with Gasteiger partial charge in [0, 0.05) is 59.0 Å². The van der Waals surface area contributed by atoms with Gasteiger partial charge in [0.25, 0.3) is 5.79 Å². The third-order valence-corrected chi connectivity index (χ3v) is 13.2. The molecule has 14 heteroatoms. The lowest BCUT2D eigenvalue weighted by molar-refractivity contribution is -0.382. The summed E-state index contributed by atoms with van der Waals surface area (Å²) in [4.78, 5) is 33.7. The molecule has 3 spiro atoms. The van der Waals surface area contributed by atoms with E-state index in [0.717, 1.165) is 12.8 Å². The average Bonchev–Trinajstić information content (AvgIpc) is 3.50. The summed E-state index contributed by atoms with van der Waals surface area (Å²) in [6.45, 7) is 6.58. The van der Waals surface area contributed by atoms with Gasteiger partial charge in [-0.3, -0.25) is 9.59 Å². The smallest absolute Gasteiger partial charge is 0.260 e. The summed E-state index contributed by atoms with van der Waals surface area (Å²) < 4.78 is 13.6. The van der Waals surface area contributed by atoms with Gasteiger partial charge in [0.15, 0.2) is 23.7 Å². The first kappa shape index (κ1) is 35.0. The number of aromatic hydroxyl groups is 1. The number of pyridine rings is 1. The van der Waals surface area contributed by atoms with Gasteiger partial charge < -0.3 is 50.4 Å². The number of fused-ring (bicyclic) bond motifs is 6. The Morgan fingerprint density at radius 3 is 2.58 bits per heavy atom. The van der Waals surface area contributed by atoms with E-state index in [9.17, 15) is 40.2 Å². The Kier molecular flexibility index (Phi) is 7.37. The molecule has 6 aliphatic heterocycles. The maximum Gasteiger partial charge on any atom is 0.260 e. The first-order chi connectivity index (χ1) is 26.2. The molecule has 3 aromatic rings. The van der Waals surface area contributed by atoms with Crippen LogP contribution in [0.15, 0.2) is 53.9 Å². The fourth-order valence-corrected chi connectivity index (χ4v) is 10.8. The van der Waals surface area contributed by atoms with Crippen LogP contribution in [0.25, 0.3) is 10.8 Å². The Bertz CT molecular complexity index is 2290. The van der Waals surface area contributed by atoms with Crippen LogP contribution >= 0.6 is 0 Å². The highest BCUT2D eigenvalue weighted by Crippen LogP contribution is 2.61. The lowest BCUT2D eigenvalue weighted by atomic mass is 9.66. The van der Waals surface area contributed by atoms with Crippen molar-refractivity contribution in [3.05, 3.63) is 81.7 Å². The second-order valence-corrected chi connectivity index (χ2v) is 16.9. The number of hydrazine groups is 1. The number of nitrogens with one attached hydrogen (secondary N) is 1. The number of nitrogens with zero attached hydrogens (tertiary/aromatic N) is 3. The van der Waals surface area contributed by atoms with Gasteiger partial charge in [-0.25, -0.2) is 4.98 Å². The van der Waals surface area contributed by atoms with Crippen LogP contribution in [0.3, 0.4) is 0 Å². The van der Waals surface area contributed by atoms with Crippen LogP contribution in [0, 0.1) is 24.2 Å². The summed E-state index contributed by atoms with van der Waals surface area (Å²) >= 11 is 0. The summed E-state index contributed by atoms with van der Waals surface area (Å²) in [7, 11) is 0. The number of benzene rings is 2. The molecule has 3 fully saturated rings. The minimum Gasteiger partial charge on any atom is -0.507 e. The lowest BCUT2D eigenvalue weighted by Gasteiger charge is -2.64. The molecule has 8 aliphatic rings.